The van der Waals surface area contributed by atoms with Gasteiger partial charge in [-0.2, -0.15) is 0 Å². The van der Waals surface area contributed by atoms with E-state index in [0.717, 1.165) is 0 Å². The van der Waals surface area contributed by atoms with Crippen LogP contribution in [0, 0.1) is 10.8 Å². The third-order valence-electron chi connectivity index (χ3n) is 2.01. The van der Waals surface area contributed by atoms with Gasteiger partial charge in [0.15, 0.2) is 0 Å². The first-order valence-corrected chi connectivity index (χ1v) is 5.82. The Morgan fingerprint density at radius 3 is 1.43 bits per heavy atom. The first-order chi connectivity index (χ1) is 6.14. The van der Waals surface area contributed by atoms with E-state index in [-0.39, 0.29) is 0 Å². The van der Waals surface area contributed by atoms with Crippen LogP contribution in [0.1, 0.15) is 67.7 Å². The van der Waals surface area contributed by atoms with Gasteiger partial charge in [0.2, 0.25) is 0 Å². The first kappa shape index (κ1) is 13.7. The number of hydrogen-bond acceptors (Lipinski definition) is 0. The summed E-state index contributed by atoms with van der Waals surface area (Å²) in [5.41, 5.74) is 2.48. The van der Waals surface area contributed by atoms with Crippen LogP contribution in [0.15, 0.2) is 11.6 Å². The van der Waals surface area contributed by atoms with Gasteiger partial charge in [-0.25, -0.2) is 0 Å². The van der Waals surface area contributed by atoms with Gasteiger partial charge in [0, 0.05) is 0 Å². The molecule has 0 spiro atoms. The lowest BCUT2D eigenvalue weighted by Crippen LogP contribution is -2.12. The monoisotopic (exact) mass is 196 g/mol. The summed E-state index contributed by atoms with van der Waals surface area (Å²) >= 11 is 0. The minimum atomic E-state index is 0.423. The van der Waals surface area contributed by atoms with Crippen LogP contribution < -0.4 is 0 Å². The summed E-state index contributed by atoms with van der Waals surface area (Å²) in [6.45, 7) is 16.1. The van der Waals surface area contributed by atoms with Gasteiger partial charge in [-0.1, -0.05) is 60.1 Å². The van der Waals surface area contributed by atoms with Crippen LogP contribution in [0.25, 0.3) is 0 Å². The van der Waals surface area contributed by atoms with Crippen molar-refractivity contribution in [2.24, 2.45) is 10.8 Å². The summed E-state index contributed by atoms with van der Waals surface area (Å²) in [7, 11) is 0. The minimum Gasteiger partial charge on any atom is -0.0856 e. The fraction of sp³-hybridized carbons (Fsp3) is 0.857. The lowest BCUT2D eigenvalue weighted by molar-refractivity contribution is 0.358. The standard InChI is InChI=1S/C14H28/c1-8-9-12(10-13(2,3)4)11-14(5,6)7/h9H,8,10-11H2,1-7H3. The smallest absolute Gasteiger partial charge is 0.0271 e. The Balaban J connectivity index is 4.41. The molecule has 0 amide bonds. The molecular weight excluding hydrogens is 168 g/mol. The van der Waals surface area contributed by atoms with Crippen LogP contribution >= 0.6 is 0 Å². The van der Waals surface area contributed by atoms with Gasteiger partial charge in [0.1, 0.15) is 0 Å². The van der Waals surface area contributed by atoms with Crippen LogP contribution in [0.3, 0.4) is 0 Å². The SMILES string of the molecule is CCC=C(CC(C)(C)C)CC(C)(C)C. The molecule has 0 rings (SSSR count). The molecule has 0 heterocycles. The molecule has 0 fully saturated rings. The highest BCUT2D eigenvalue weighted by Gasteiger charge is 2.18. The summed E-state index contributed by atoms with van der Waals surface area (Å²) in [6.07, 6.45) is 6.05. The molecule has 0 aromatic heterocycles. The average Bonchev–Trinajstić information content (AvgIpc) is 1.78. The zero-order valence-electron chi connectivity index (χ0n) is 11.2. The summed E-state index contributed by atoms with van der Waals surface area (Å²) in [4.78, 5) is 0. The van der Waals surface area contributed by atoms with E-state index in [2.05, 4.69) is 54.5 Å². The Bertz CT molecular complexity index is 165. The maximum atomic E-state index is 2.41. The Hall–Kier alpha value is -0.260. The zero-order chi connectivity index (χ0) is 11.4. The van der Waals surface area contributed by atoms with E-state index >= 15 is 0 Å². The van der Waals surface area contributed by atoms with Crippen molar-refractivity contribution in [3.05, 3.63) is 11.6 Å². The van der Waals surface area contributed by atoms with Crippen LogP contribution in [0.2, 0.25) is 0 Å². The average molecular weight is 196 g/mol. The van der Waals surface area contributed by atoms with Crippen molar-refractivity contribution in [3.8, 4) is 0 Å². The van der Waals surface area contributed by atoms with Crippen molar-refractivity contribution < 1.29 is 0 Å². The van der Waals surface area contributed by atoms with E-state index in [1.165, 1.54) is 19.3 Å². The molecule has 0 aliphatic heterocycles. The van der Waals surface area contributed by atoms with Crippen LogP contribution in [-0.4, -0.2) is 0 Å². The van der Waals surface area contributed by atoms with E-state index in [1.807, 2.05) is 0 Å². The van der Waals surface area contributed by atoms with Crippen LogP contribution in [-0.2, 0) is 0 Å². The van der Waals surface area contributed by atoms with Gasteiger partial charge >= 0.3 is 0 Å². The van der Waals surface area contributed by atoms with Crippen molar-refractivity contribution in [1.82, 2.24) is 0 Å². The summed E-state index contributed by atoms with van der Waals surface area (Å²) in [6, 6.07) is 0. The highest BCUT2D eigenvalue weighted by molar-refractivity contribution is 5.06. The molecule has 0 saturated carbocycles. The first-order valence-electron chi connectivity index (χ1n) is 5.82. The molecule has 0 aliphatic carbocycles. The molecule has 0 aliphatic rings. The lowest BCUT2D eigenvalue weighted by Gasteiger charge is -2.26. The molecule has 0 saturated heterocycles. The molecule has 0 aromatic rings. The fourth-order valence-corrected chi connectivity index (χ4v) is 1.86. The fourth-order valence-electron chi connectivity index (χ4n) is 1.86. The largest absolute Gasteiger partial charge is 0.0856 e. The normalized spacial score (nSPS) is 12.8. The Morgan fingerprint density at radius 2 is 1.21 bits per heavy atom. The molecule has 0 atom stereocenters. The molecule has 84 valence electrons. The van der Waals surface area contributed by atoms with E-state index in [0.29, 0.717) is 10.8 Å². The van der Waals surface area contributed by atoms with Crippen molar-refractivity contribution in [1.29, 1.82) is 0 Å². The predicted octanol–water partition coefficient (Wildman–Crippen LogP) is 5.20. The molecule has 0 aromatic carbocycles. The molecule has 0 nitrogen and oxygen atoms in total. The van der Waals surface area contributed by atoms with Crippen molar-refractivity contribution in [2.45, 2.75) is 67.7 Å². The molecule has 0 heteroatoms. The number of rotatable bonds is 3. The molecule has 0 bridgehead atoms. The third kappa shape index (κ3) is 8.34. The lowest BCUT2D eigenvalue weighted by atomic mass is 9.80. The third-order valence-corrected chi connectivity index (χ3v) is 2.01. The molecule has 0 radical (unpaired) electrons. The summed E-state index contributed by atoms with van der Waals surface area (Å²) in [5, 5.41) is 0. The predicted molar refractivity (Wildman–Crippen MR) is 66.5 cm³/mol. The Kier molecular flexibility index (Phi) is 4.91. The second-order valence-corrected chi connectivity index (χ2v) is 6.75. The number of hydrogen-bond donors (Lipinski definition) is 0. The van der Waals surface area contributed by atoms with Gasteiger partial charge in [-0.3, -0.25) is 0 Å². The van der Waals surface area contributed by atoms with Crippen LogP contribution in [0.5, 0.6) is 0 Å². The van der Waals surface area contributed by atoms with Crippen molar-refractivity contribution in [2.75, 3.05) is 0 Å². The quantitative estimate of drug-likeness (QED) is 0.545. The van der Waals surface area contributed by atoms with E-state index in [4.69, 9.17) is 0 Å². The van der Waals surface area contributed by atoms with Gasteiger partial charge in [-0.15, -0.1) is 0 Å². The summed E-state index contributed by atoms with van der Waals surface area (Å²) in [5.74, 6) is 0. The van der Waals surface area contributed by atoms with Crippen LogP contribution in [0.4, 0.5) is 0 Å². The summed E-state index contributed by atoms with van der Waals surface area (Å²) < 4.78 is 0. The minimum absolute atomic E-state index is 0.423. The molecule has 0 N–H and O–H groups in total. The second-order valence-electron chi connectivity index (χ2n) is 6.75. The number of allylic oxidation sites excluding steroid dienone is 2. The maximum Gasteiger partial charge on any atom is -0.0271 e. The molecule has 14 heavy (non-hydrogen) atoms. The maximum absolute atomic E-state index is 2.41. The van der Waals surface area contributed by atoms with Gasteiger partial charge in [0.25, 0.3) is 0 Å². The van der Waals surface area contributed by atoms with E-state index in [1.54, 1.807) is 5.57 Å². The highest BCUT2D eigenvalue weighted by atomic mass is 14.2. The van der Waals surface area contributed by atoms with Gasteiger partial charge in [-0.05, 0) is 30.1 Å². The molecule has 0 unspecified atom stereocenters. The van der Waals surface area contributed by atoms with Crippen molar-refractivity contribution in [3.63, 3.8) is 0 Å². The molecular formula is C14H28. The second kappa shape index (κ2) is 5.00. The topological polar surface area (TPSA) is 0 Å². The Labute approximate surface area is 90.8 Å². The van der Waals surface area contributed by atoms with E-state index < -0.39 is 0 Å². The van der Waals surface area contributed by atoms with Crippen molar-refractivity contribution >= 4 is 0 Å². The zero-order valence-corrected chi connectivity index (χ0v) is 11.2. The van der Waals surface area contributed by atoms with E-state index in [9.17, 15) is 0 Å². The highest BCUT2D eigenvalue weighted by Crippen LogP contribution is 2.32. The van der Waals surface area contributed by atoms with Gasteiger partial charge < -0.3 is 0 Å². The van der Waals surface area contributed by atoms with Gasteiger partial charge in [0.05, 0.1) is 0 Å². The Morgan fingerprint density at radius 1 is 0.857 bits per heavy atom.